The van der Waals surface area contributed by atoms with Gasteiger partial charge >= 0.3 is 0 Å². The fourth-order valence-corrected chi connectivity index (χ4v) is 5.56. The Kier molecular flexibility index (Phi) is 6.91. The van der Waals surface area contributed by atoms with E-state index < -0.39 is 0 Å². The Morgan fingerprint density at radius 2 is 1.93 bits per heavy atom. The molecule has 5 nitrogen and oxygen atoms in total. The summed E-state index contributed by atoms with van der Waals surface area (Å²) in [5.74, 6) is 0.614. The van der Waals surface area contributed by atoms with Crippen LogP contribution in [0.4, 0.5) is 5.69 Å². The molecule has 0 bridgehead atoms. The lowest BCUT2D eigenvalue weighted by Crippen LogP contribution is -2.44. The first kappa shape index (κ1) is 21.5. The lowest BCUT2D eigenvalue weighted by Gasteiger charge is -2.16. The molecule has 0 radical (unpaired) electrons. The molecule has 1 fully saturated rings. The van der Waals surface area contributed by atoms with Crippen LogP contribution in [0.15, 0.2) is 48.7 Å². The first-order valence-corrected chi connectivity index (χ1v) is 11.6. The van der Waals surface area contributed by atoms with Crippen LogP contribution in [0, 0.1) is 0 Å². The number of thioether (sulfide) groups is 1. The van der Waals surface area contributed by atoms with E-state index >= 15 is 0 Å². The number of fused-ring (bicyclic) bond motifs is 1. The topological polar surface area (TPSA) is 66.0 Å². The molecule has 1 aromatic heterocycles. The number of hydrogen-bond donors (Lipinski definition) is 3. The zero-order chi connectivity index (χ0) is 21.1. The van der Waals surface area contributed by atoms with Crippen molar-refractivity contribution >= 4 is 69.1 Å². The van der Waals surface area contributed by atoms with Crippen molar-refractivity contribution in [1.29, 1.82) is 0 Å². The van der Waals surface area contributed by atoms with E-state index in [1.807, 2.05) is 30.3 Å². The predicted molar refractivity (Wildman–Crippen MR) is 127 cm³/mol. The highest BCUT2D eigenvalue weighted by molar-refractivity contribution is 7.99. The van der Waals surface area contributed by atoms with E-state index in [2.05, 4.69) is 20.9 Å². The zero-order valence-corrected chi connectivity index (χ0v) is 18.9. The molecule has 156 valence electrons. The van der Waals surface area contributed by atoms with Crippen LogP contribution in [-0.2, 0) is 4.79 Å². The maximum atomic E-state index is 12.5. The number of pyridine rings is 1. The molecule has 9 heteroatoms. The molecule has 1 aliphatic rings. The lowest BCUT2D eigenvalue weighted by molar-refractivity contribution is -0.122. The van der Waals surface area contributed by atoms with Gasteiger partial charge in [0.1, 0.15) is 0 Å². The fraction of sp³-hybridized carbons (Fsp3) is 0.238. The van der Waals surface area contributed by atoms with Crippen LogP contribution >= 0.6 is 46.6 Å². The number of nitrogens with zero attached hydrogens (tertiary/aromatic N) is 1. The molecular formula is C21H19Cl3N4OS. The van der Waals surface area contributed by atoms with E-state index in [4.69, 9.17) is 34.8 Å². The number of amides is 1. The molecule has 4 rings (SSSR count). The number of nitrogens with one attached hydrogen (secondary N) is 3. The summed E-state index contributed by atoms with van der Waals surface area (Å²) in [5.41, 5.74) is 2.61. The minimum Gasteiger partial charge on any atom is -0.383 e. The van der Waals surface area contributed by atoms with Crippen molar-refractivity contribution in [3.05, 3.63) is 69.3 Å². The Bertz CT molecular complexity index is 1060. The minimum atomic E-state index is -0.295. The smallest absolute Gasteiger partial charge is 0.238 e. The van der Waals surface area contributed by atoms with E-state index in [1.54, 1.807) is 30.1 Å². The molecular weight excluding hydrogens is 463 g/mol. The first-order valence-electron chi connectivity index (χ1n) is 9.40. The number of carbonyl (C=O) groups excluding carboxylic acids is 1. The van der Waals surface area contributed by atoms with E-state index in [0.717, 1.165) is 22.2 Å². The van der Waals surface area contributed by atoms with Crippen molar-refractivity contribution in [2.75, 3.05) is 24.2 Å². The van der Waals surface area contributed by atoms with Crippen LogP contribution in [0.3, 0.4) is 0 Å². The number of carbonyl (C=O) groups is 1. The van der Waals surface area contributed by atoms with Crippen molar-refractivity contribution in [3.63, 3.8) is 0 Å². The normalized spacial score (nSPS) is 18.5. The number of hydrogen-bond acceptors (Lipinski definition) is 5. The third kappa shape index (κ3) is 4.79. The van der Waals surface area contributed by atoms with Gasteiger partial charge in [-0.3, -0.25) is 15.1 Å². The van der Waals surface area contributed by atoms with Gasteiger partial charge in [0.05, 0.1) is 16.9 Å². The Morgan fingerprint density at radius 3 is 2.73 bits per heavy atom. The second-order valence-corrected chi connectivity index (χ2v) is 9.19. The summed E-state index contributed by atoms with van der Waals surface area (Å²) < 4.78 is 0. The molecule has 2 heterocycles. The van der Waals surface area contributed by atoms with E-state index in [9.17, 15) is 4.79 Å². The van der Waals surface area contributed by atoms with Crippen molar-refractivity contribution < 1.29 is 4.79 Å². The molecule has 2 atom stereocenters. The highest BCUT2D eigenvalue weighted by Crippen LogP contribution is 2.40. The van der Waals surface area contributed by atoms with Gasteiger partial charge in [0, 0.05) is 56.7 Å². The van der Waals surface area contributed by atoms with Crippen molar-refractivity contribution in [3.8, 4) is 0 Å². The molecule has 1 aliphatic heterocycles. The monoisotopic (exact) mass is 480 g/mol. The Hall–Kier alpha value is -1.70. The fourth-order valence-electron chi connectivity index (χ4n) is 3.33. The van der Waals surface area contributed by atoms with Gasteiger partial charge in [-0.15, -0.1) is 11.8 Å². The average molecular weight is 482 g/mol. The third-order valence-electron chi connectivity index (χ3n) is 4.80. The van der Waals surface area contributed by atoms with Gasteiger partial charge in [0.15, 0.2) is 0 Å². The SMILES string of the molecule is O=C(NCCNc1ccnc2cc(Cl)ccc12)C1CSC(c2c(Cl)cccc2Cl)N1. The van der Waals surface area contributed by atoms with E-state index in [0.29, 0.717) is 33.9 Å². The zero-order valence-electron chi connectivity index (χ0n) is 15.8. The first-order chi connectivity index (χ1) is 14.5. The van der Waals surface area contributed by atoms with Crippen LogP contribution in [0.1, 0.15) is 10.9 Å². The quantitative estimate of drug-likeness (QED) is 0.426. The molecule has 0 spiro atoms. The lowest BCUT2D eigenvalue weighted by atomic mass is 10.2. The molecule has 3 N–H and O–H groups in total. The molecule has 1 amide bonds. The number of aromatic nitrogens is 1. The molecule has 0 aliphatic carbocycles. The number of halogens is 3. The third-order valence-corrected chi connectivity index (χ3v) is 6.93. The standard InChI is InChI=1S/C21H19Cl3N4OS/c22-12-4-5-13-16(6-7-25-17(13)10-12)26-8-9-27-20(29)18-11-30-21(28-18)19-14(23)2-1-3-15(19)24/h1-7,10,18,21,28H,8-9,11H2,(H,25,26)(H,27,29). The van der Waals surface area contributed by atoms with E-state index in [-0.39, 0.29) is 17.3 Å². The van der Waals surface area contributed by atoms with Crippen molar-refractivity contribution in [2.45, 2.75) is 11.4 Å². The summed E-state index contributed by atoms with van der Waals surface area (Å²) in [6.07, 6.45) is 1.74. The van der Waals surface area contributed by atoms with Gasteiger partial charge in [-0.2, -0.15) is 0 Å². The largest absolute Gasteiger partial charge is 0.383 e. The highest BCUT2D eigenvalue weighted by atomic mass is 35.5. The summed E-state index contributed by atoms with van der Waals surface area (Å²) >= 11 is 20.2. The molecule has 1 saturated heterocycles. The Labute approximate surface area is 193 Å². The van der Waals surface area contributed by atoms with Crippen LogP contribution in [0.2, 0.25) is 15.1 Å². The van der Waals surface area contributed by atoms with E-state index in [1.165, 1.54) is 0 Å². The van der Waals surface area contributed by atoms with Gasteiger partial charge in [0.25, 0.3) is 0 Å². The summed E-state index contributed by atoms with van der Waals surface area (Å²) in [6.45, 7) is 1.09. The van der Waals surface area contributed by atoms with Crippen LogP contribution in [0.25, 0.3) is 10.9 Å². The number of rotatable bonds is 6. The average Bonchev–Trinajstić information content (AvgIpc) is 3.20. The summed E-state index contributed by atoms with van der Waals surface area (Å²) in [5, 5.41) is 12.4. The van der Waals surface area contributed by atoms with Gasteiger partial charge in [-0.1, -0.05) is 40.9 Å². The molecule has 2 aromatic carbocycles. The number of anilines is 1. The van der Waals surface area contributed by atoms with Crippen LogP contribution < -0.4 is 16.0 Å². The maximum Gasteiger partial charge on any atom is 0.238 e. The molecule has 2 unspecified atom stereocenters. The van der Waals surface area contributed by atoms with Crippen LogP contribution in [-0.4, -0.2) is 35.8 Å². The maximum absolute atomic E-state index is 12.5. The molecule has 0 saturated carbocycles. The molecule has 30 heavy (non-hydrogen) atoms. The second kappa shape index (κ2) is 9.62. The molecule has 3 aromatic rings. The van der Waals surface area contributed by atoms with Crippen molar-refractivity contribution in [1.82, 2.24) is 15.6 Å². The Balaban J connectivity index is 1.29. The Morgan fingerprint density at radius 1 is 1.13 bits per heavy atom. The van der Waals surface area contributed by atoms with Crippen LogP contribution in [0.5, 0.6) is 0 Å². The van der Waals surface area contributed by atoms with Gasteiger partial charge < -0.3 is 10.6 Å². The van der Waals surface area contributed by atoms with Crippen molar-refractivity contribution in [2.24, 2.45) is 0 Å². The highest BCUT2D eigenvalue weighted by Gasteiger charge is 2.32. The second-order valence-electron chi connectivity index (χ2n) is 6.81. The van der Waals surface area contributed by atoms with Gasteiger partial charge in [-0.05, 0) is 36.4 Å². The summed E-state index contributed by atoms with van der Waals surface area (Å²) in [7, 11) is 0. The minimum absolute atomic E-state index is 0.0404. The summed E-state index contributed by atoms with van der Waals surface area (Å²) in [4.78, 5) is 16.9. The van der Waals surface area contributed by atoms with Gasteiger partial charge in [0.2, 0.25) is 5.91 Å². The van der Waals surface area contributed by atoms with Gasteiger partial charge in [-0.25, -0.2) is 0 Å². The summed E-state index contributed by atoms with van der Waals surface area (Å²) in [6, 6.07) is 12.6. The number of benzene rings is 2. The predicted octanol–water partition coefficient (Wildman–Crippen LogP) is 5.13.